The first-order valence-electron chi connectivity index (χ1n) is 5.73. The van der Waals surface area contributed by atoms with Crippen molar-refractivity contribution in [2.45, 2.75) is 30.8 Å². The van der Waals surface area contributed by atoms with Gasteiger partial charge in [0.25, 0.3) is 0 Å². The highest BCUT2D eigenvalue weighted by molar-refractivity contribution is 6.09. The number of carbonyl (C=O) groups excluding carboxylic acids is 2. The number of aromatic amines is 1. The molecule has 0 radical (unpaired) electrons. The lowest BCUT2D eigenvalue weighted by molar-refractivity contribution is 0.0894. The van der Waals surface area contributed by atoms with Gasteiger partial charge in [-0.05, 0) is 12.5 Å². The van der Waals surface area contributed by atoms with Gasteiger partial charge in [0.2, 0.25) is 0 Å². The monoisotopic (exact) mass is 216 g/mol. The number of carbonyl (C=O) groups is 2. The fraction of sp³-hybridized carbons (Fsp3) is 0.500. The van der Waals surface area contributed by atoms with Crippen molar-refractivity contribution >= 4 is 11.6 Å². The quantitative estimate of drug-likeness (QED) is 0.658. The molecule has 2 aliphatic heterocycles. The third-order valence-electron chi connectivity index (χ3n) is 4.31. The largest absolute Gasteiger partial charge is 0.358 e. The number of Topliss-reactive ketones (excluding diaryl/α,β-unsaturated/α-hetero) is 2. The van der Waals surface area contributed by atoms with E-state index in [4.69, 9.17) is 0 Å². The van der Waals surface area contributed by atoms with E-state index in [9.17, 15) is 9.59 Å². The van der Waals surface area contributed by atoms with Crippen LogP contribution in [0.1, 0.15) is 40.1 Å². The van der Waals surface area contributed by atoms with Gasteiger partial charge in [-0.3, -0.25) is 14.5 Å². The Hall–Kier alpha value is -1.42. The zero-order valence-corrected chi connectivity index (χ0v) is 8.82. The number of hydrogen-bond acceptors (Lipinski definition) is 3. The van der Waals surface area contributed by atoms with Gasteiger partial charge in [0.15, 0.2) is 11.6 Å². The van der Waals surface area contributed by atoms with Crippen molar-refractivity contribution in [2.75, 3.05) is 6.54 Å². The number of nitrogens with zero attached hydrogens (tertiary/aromatic N) is 1. The predicted molar refractivity (Wildman–Crippen MR) is 56.5 cm³/mol. The summed E-state index contributed by atoms with van der Waals surface area (Å²) in [6.45, 7) is 1.12. The van der Waals surface area contributed by atoms with Crippen LogP contribution in [0.3, 0.4) is 0 Å². The van der Waals surface area contributed by atoms with Crippen LogP contribution in [0.4, 0.5) is 0 Å². The SMILES string of the molecule is O=C1CC[C@@]2(CC(=O)c3[nH]ccc31)C1CN12. The van der Waals surface area contributed by atoms with Crippen molar-refractivity contribution in [3.05, 3.63) is 23.5 Å². The number of H-pyrrole nitrogens is 1. The van der Waals surface area contributed by atoms with Crippen molar-refractivity contribution in [3.8, 4) is 0 Å². The molecule has 0 amide bonds. The number of nitrogens with one attached hydrogen (secondary N) is 1. The van der Waals surface area contributed by atoms with E-state index in [-0.39, 0.29) is 17.1 Å². The molecule has 3 atom stereocenters. The molecule has 4 rings (SSSR count). The van der Waals surface area contributed by atoms with Crippen LogP contribution >= 0.6 is 0 Å². The summed E-state index contributed by atoms with van der Waals surface area (Å²) in [6.07, 6.45) is 3.70. The van der Waals surface area contributed by atoms with Crippen LogP contribution in [0, 0.1) is 0 Å². The third-order valence-corrected chi connectivity index (χ3v) is 4.31. The molecule has 1 aliphatic carbocycles. The van der Waals surface area contributed by atoms with E-state index < -0.39 is 0 Å². The summed E-state index contributed by atoms with van der Waals surface area (Å²) in [7, 11) is 0. The van der Waals surface area contributed by atoms with Crippen molar-refractivity contribution < 1.29 is 9.59 Å². The van der Waals surface area contributed by atoms with Crippen LogP contribution in [0.2, 0.25) is 0 Å². The molecule has 1 aromatic rings. The summed E-state index contributed by atoms with van der Waals surface area (Å²) in [5, 5.41) is 0. The molecule has 3 aliphatic rings. The summed E-state index contributed by atoms with van der Waals surface area (Å²) in [6, 6.07) is 2.32. The Kier molecular flexibility index (Phi) is 1.34. The van der Waals surface area contributed by atoms with Gasteiger partial charge in [-0.2, -0.15) is 0 Å². The maximum absolute atomic E-state index is 12.1. The Morgan fingerprint density at radius 1 is 1.38 bits per heavy atom. The van der Waals surface area contributed by atoms with Crippen molar-refractivity contribution in [1.29, 1.82) is 0 Å². The molecule has 16 heavy (non-hydrogen) atoms. The minimum Gasteiger partial charge on any atom is -0.358 e. The number of ketones is 2. The van der Waals surface area contributed by atoms with E-state index in [0.29, 0.717) is 30.1 Å². The molecular weight excluding hydrogens is 204 g/mol. The van der Waals surface area contributed by atoms with Crippen LogP contribution in [0.15, 0.2) is 12.3 Å². The lowest BCUT2D eigenvalue weighted by atomic mass is 9.84. The summed E-state index contributed by atoms with van der Waals surface area (Å²) in [4.78, 5) is 29.2. The van der Waals surface area contributed by atoms with E-state index in [1.807, 2.05) is 0 Å². The predicted octanol–water partition coefficient (Wildman–Crippen LogP) is 1.00. The first-order chi connectivity index (χ1) is 7.72. The topological polar surface area (TPSA) is 52.9 Å². The average molecular weight is 216 g/mol. The Morgan fingerprint density at radius 3 is 2.88 bits per heavy atom. The van der Waals surface area contributed by atoms with E-state index in [1.54, 1.807) is 12.3 Å². The maximum atomic E-state index is 12.1. The van der Waals surface area contributed by atoms with E-state index >= 15 is 0 Å². The van der Waals surface area contributed by atoms with Crippen LogP contribution in [-0.4, -0.2) is 39.6 Å². The molecule has 0 aromatic carbocycles. The Labute approximate surface area is 92.6 Å². The standard InChI is InChI=1S/C12H12N2O2/c15-8-1-3-12(10-6-14(10)12)5-9(16)11-7(8)2-4-13-11/h2,4,10,13H,1,3,5-6H2/t10?,12-,14?/m1/s1. The molecule has 4 heteroatoms. The Bertz CT molecular complexity index is 509. The molecule has 2 unspecified atom stereocenters. The summed E-state index contributed by atoms with van der Waals surface area (Å²) in [5.41, 5.74) is 1.18. The molecule has 0 saturated carbocycles. The molecule has 82 valence electrons. The van der Waals surface area contributed by atoms with Crippen molar-refractivity contribution in [3.63, 3.8) is 0 Å². The highest BCUT2D eigenvalue weighted by Crippen LogP contribution is 2.60. The molecule has 0 bridgehead atoms. The molecule has 1 N–H and O–H groups in total. The summed E-state index contributed by atoms with van der Waals surface area (Å²) in [5.74, 6) is 0.205. The normalized spacial score (nSPS) is 40.0. The fourth-order valence-electron chi connectivity index (χ4n) is 3.17. The first-order valence-corrected chi connectivity index (χ1v) is 5.73. The van der Waals surface area contributed by atoms with Crippen molar-refractivity contribution in [2.24, 2.45) is 0 Å². The minimum atomic E-state index is 0.0650. The van der Waals surface area contributed by atoms with Crippen LogP contribution < -0.4 is 0 Å². The molecule has 1 spiro atoms. The molecule has 2 fully saturated rings. The highest BCUT2D eigenvalue weighted by Gasteiger charge is 2.74. The van der Waals surface area contributed by atoms with Gasteiger partial charge < -0.3 is 4.98 Å². The van der Waals surface area contributed by atoms with Gasteiger partial charge in [-0.25, -0.2) is 0 Å². The number of aromatic nitrogens is 1. The third kappa shape index (κ3) is 0.888. The van der Waals surface area contributed by atoms with Gasteiger partial charge in [-0.1, -0.05) is 0 Å². The zero-order valence-electron chi connectivity index (χ0n) is 8.82. The smallest absolute Gasteiger partial charge is 0.181 e. The molecule has 3 heterocycles. The number of hydrogen-bond donors (Lipinski definition) is 1. The second kappa shape index (κ2) is 2.46. The van der Waals surface area contributed by atoms with Gasteiger partial charge in [0.1, 0.15) is 0 Å². The number of rotatable bonds is 0. The van der Waals surface area contributed by atoms with E-state index in [0.717, 1.165) is 13.0 Å². The van der Waals surface area contributed by atoms with E-state index in [2.05, 4.69) is 9.88 Å². The lowest BCUT2D eigenvalue weighted by Crippen LogP contribution is -2.33. The van der Waals surface area contributed by atoms with Crippen molar-refractivity contribution in [1.82, 2.24) is 9.88 Å². The highest BCUT2D eigenvalue weighted by atomic mass is 16.1. The van der Waals surface area contributed by atoms with Gasteiger partial charge in [0.05, 0.1) is 5.69 Å². The van der Waals surface area contributed by atoms with E-state index in [1.165, 1.54) is 0 Å². The number of fused-ring (bicyclic) bond motifs is 4. The van der Waals surface area contributed by atoms with Crippen LogP contribution in [0.5, 0.6) is 0 Å². The molecule has 1 aromatic heterocycles. The van der Waals surface area contributed by atoms with Gasteiger partial charge >= 0.3 is 0 Å². The Balaban J connectivity index is 1.76. The summed E-state index contributed by atoms with van der Waals surface area (Å²) < 4.78 is 0. The lowest BCUT2D eigenvalue weighted by Gasteiger charge is -2.22. The molecule has 4 nitrogen and oxygen atoms in total. The van der Waals surface area contributed by atoms with Gasteiger partial charge in [-0.15, -0.1) is 0 Å². The van der Waals surface area contributed by atoms with Crippen LogP contribution in [-0.2, 0) is 0 Å². The average Bonchev–Trinajstić information content (AvgIpc) is 3.11. The second-order valence-electron chi connectivity index (χ2n) is 5.06. The zero-order chi connectivity index (χ0) is 10.9. The minimum absolute atomic E-state index is 0.0650. The summed E-state index contributed by atoms with van der Waals surface area (Å²) >= 11 is 0. The first kappa shape index (κ1) is 8.70. The fourth-order valence-corrected chi connectivity index (χ4v) is 3.17. The molecular formula is C12H12N2O2. The Morgan fingerprint density at radius 2 is 2.19 bits per heavy atom. The van der Waals surface area contributed by atoms with Crippen LogP contribution in [0.25, 0.3) is 0 Å². The second-order valence-corrected chi connectivity index (χ2v) is 5.06. The maximum Gasteiger partial charge on any atom is 0.181 e. The molecule has 2 saturated heterocycles. The van der Waals surface area contributed by atoms with Gasteiger partial charge in [0, 0.05) is 42.7 Å².